The Labute approximate surface area is 401 Å². The van der Waals surface area contributed by atoms with E-state index >= 15 is 0 Å². The van der Waals surface area contributed by atoms with Crippen LogP contribution in [0.3, 0.4) is 0 Å². The fourth-order valence-electron chi connectivity index (χ4n) is 13.7. The average Bonchev–Trinajstić information content (AvgIpc) is 4.13. The van der Waals surface area contributed by atoms with Gasteiger partial charge < -0.3 is 13.7 Å². The summed E-state index contributed by atoms with van der Waals surface area (Å²) >= 11 is 0. The Morgan fingerprint density at radius 3 is 1.45 bits per heavy atom. The van der Waals surface area contributed by atoms with Gasteiger partial charge in [-0.3, -0.25) is 4.98 Å². The molecule has 69 heavy (non-hydrogen) atoms. The van der Waals surface area contributed by atoms with Crippen LogP contribution in [0.5, 0.6) is 0 Å². The highest BCUT2D eigenvalue weighted by Gasteiger charge is 2.45. The molecule has 0 amide bonds. The molecule has 4 nitrogen and oxygen atoms in total. The van der Waals surface area contributed by atoms with Crippen LogP contribution in [0.25, 0.3) is 88.4 Å². The Bertz CT molecular complexity index is 4140. The molecule has 4 heteroatoms. The lowest BCUT2D eigenvalue weighted by molar-refractivity contribution is 0.649. The predicted molar refractivity (Wildman–Crippen MR) is 284 cm³/mol. The zero-order chi connectivity index (χ0) is 46.7. The molecular weight excluding hydrogens is 841 g/mol. The van der Waals surface area contributed by atoms with E-state index in [9.17, 15) is 0 Å². The van der Waals surface area contributed by atoms with Crippen molar-refractivity contribution in [1.29, 1.82) is 0 Å². The van der Waals surface area contributed by atoms with Crippen LogP contribution in [0, 0.1) is 0 Å². The summed E-state index contributed by atoms with van der Waals surface area (Å²) in [5, 5.41) is 4.75. The maximum Gasteiger partial charge on any atom is 0.143 e. The van der Waals surface area contributed by atoms with Crippen LogP contribution in [-0.2, 0) is 21.7 Å². The second kappa shape index (κ2) is 12.7. The standard InChI is InChI=1S/C65H50N2O2/c1-62(2)47-23-24-57-60(42-14-10-12-16-56(42)68-57)58(47)45-33-51-43(31-53(45)62)38-19-17-36(29-49(38)64(51,5)6)67(35-25-27-66-28-26-35)37-18-20-39-44-32-54-46(34-52(44)65(7,8)50(39)30-37)59-48(63(54,3)4)22-21-41-40-13-9-11-15-55(40)69-61(41)59/h9-34H,1-8H3. The van der Waals surface area contributed by atoms with Crippen LogP contribution in [0.4, 0.5) is 17.1 Å². The molecule has 0 N–H and O–H groups in total. The average molecular weight is 891 g/mol. The molecule has 3 heterocycles. The highest BCUT2D eigenvalue weighted by atomic mass is 16.3. The lowest BCUT2D eigenvalue weighted by Crippen LogP contribution is -2.18. The van der Waals surface area contributed by atoms with Crippen molar-refractivity contribution in [3.8, 4) is 44.5 Å². The number of pyridine rings is 1. The predicted octanol–water partition coefficient (Wildman–Crippen LogP) is 17.6. The number of aromatic nitrogens is 1. The van der Waals surface area contributed by atoms with E-state index in [1.54, 1.807) is 0 Å². The third-order valence-corrected chi connectivity index (χ3v) is 17.4. The first-order chi connectivity index (χ1) is 33.2. The summed E-state index contributed by atoms with van der Waals surface area (Å²) < 4.78 is 13.2. The van der Waals surface area contributed by atoms with Crippen LogP contribution >= 0.6 is 0 Å². The molecule has 8 aromatic carbocycles. The summed E-state index contributed by atoms with van der Waals surface area (Å²) in [5.41, 5.74) is 27.6. The molecule has 11 aromatic rings. The van der Waals surface area contributed by atoms with Crippen LogP contribution in [-0.4, -0.2) is 4.98 Å². The molecule has 0 saturated heterocycles. The van der Waals surface area contributed by atoms with E-state index < -0.39 is 0 Å². The number of hydrogen-bond donors (Lipinski definition) is 0. The zero-order valence-corrected chi connectivity index (χ0v) is 40.2. The van der Waals surface area contributed by atoms with Gasteiger partial charge >= 0.3 is 0 Å². The van der Waals surface area contributed by atoms with Gasteiger partial charge in [-0.15, -0.1) is 0 Å². The third-order valence-electron chi connectivity index (χ3n) is 17.4. The molecule has 0 radical (unpaired) electrons. The van der Waals surface area contributed by atoms with E-state index in [0.29, 0.717) is 0 Å². The summed E-state index contributed by atoms with van der Waals surface area (Å²) in [6.45, 7) is 19.1. The Morgan fingerprint density at radius 2 is 0.826 bits per heavy atom. The van der Waals surface area contributed by atoms with Gasteiger partial charge in [-0.05, 0) is 162 Å². The SMILES string of the molecule is CC1(C)c2cc(N(c3ccncc3)c3ccc4c(c3)C(C)(C)c3cc5c(cc3-4)C(C)(C)c3ccc4oc6ccccc6c4c3-5)ccc2-c2cc3c(cc21)-c1c(ccc2c1oc1ccccc12)C3(C)C. The highest BCUT2D eigenvalue weighted by Crippen LogP contribution is 2.61. The Kier molecular flexibility index (Phi) is 7.23. The summed E-state index contributed by atoms with van der Waals surface area (Å²) in [6.07, 6.45) is 3.81. The quantitative estimate of drug-likeness (QED) is 0.177. The van der Waals surface area contributed by atoms with Crippen LogP contribution < -0.4 is 4.90 Å². The number of furan rings is 2. The molecule has 3 aromatic heterocycles. The van der Waals surface area contributed by atoms with Crippen molar-refractivity contribution in [2.24, 2.45) is 0 Å². The van der Waals surface area contributed by atoms with Gasteiger partial charge in [0.15, 0.2) is 0 Å². The van der Waals surface area contributed by atoms with Gasteiger partial charge in [-0.25, -0.2) is 0 Å². The molecule has 4 aliphatic carbocycles. The van der Waals surface area contributed by atoms with Crippen molar-refractivity contribution in [3.05, 3.63) is 202 Å². The Balaban J connectivity index is 0.856. The third kappa shape index (κ3) is 4.82. The first-order valence-corrected chi connectivity index (χ1v) is 24.5. The van der Waals surface area contributed by atoms with Gasteiger partial charge in [0.05, 0.1) is 0 Å². The summed E-state index contributed by atoms with van der Waals surface area (Å²) in [5.74, 6) is 0. The van der Waals surface area contributed by atoms with Gasteiger partial charge in [-0.1, -0.05) is 122 Å². The molecule has 15 rings (SSSR count). The Hall–Kier alpha value is -7.69. The smallest absolute Gasteiger partial charge is 0.143 e. The number of rotatable bonds is 3. The molecule has 0 spiro atoms. The van der Waals surface area contributed by atoms with Gasteiger partial charge in [0, 0.05) is 78.2 Å². The fourth-order valence-corrected chi connectivity index (χ4v) is 13.7. The zero-order valence-electron chi connectivity index (χ0n) is 40.2. The number of anilines is 3. The van der Waals surface area contributed by atoms with Crippen LogP contribution in [0.15, 0.2) is 167 Å². The molecule has 0 saturated carbocycles. The van der Waals surface area contributed by atoms with Gasteiger partial charge in [0.2, 0.25) is 0 Å². The minimum Gasteiger partial charge on any atom is -0.456 e. The van der Waals surface area contributed by atoms with Crippen molar-refractivity contribution < 1.29 is 8.83 Å². The highest BCUT2D eigenvalue weighted by molar-refractivity contribution is 6.16. The lowest BCUT2D eigenvalue weighted by Gasteiger charge is -2.29. The molecule has 0 atom stereocenters. The monoisotopic (exact) mass is 890 g/mol. The first-order valence-electron chi connectivity index (χ1n) is 24.5. The lowest BCUT2D eigenvalue weighted by atomic mass is 9.79. The van der Waals surface area contributed by atoms with E-state index in [1.807, 2.05) is 12.4 Å². The van der Waals surface area contributed by atoms with Crippen LogP contribution in [0.1, 0.15) is 99.9 Å². The molecule has 0 bridgehead atoms. The Morgan fingerprint density at radius 1 is 0.348 bits per heavy atom. The normalized spacial score (nSPS) is 16.6. The second-order valence-electron chi connectivity index (χ2n) is 22.3. The molecule has 0 unspecified atom stereocenters. The summed E-state index contributed by atoms with van der Waals surface area (Å²) in [7, 11) is 0. The van der Waals surface area contributed by atoms with E-state index in [2.05, 4.69) is 211 Å². The van der Waals surface area contributed by atoms with Gasteiger partial charge in [-0.2, -0.15) is 0 Å². The van der Waals surface area contributed by atoms with E-state index in [-0.39, 0.29) is 21.7 Å². The summed E-state index contributed by atoms with van der Waals surface area (Å²) in [4.78, 5) is 6.90. The van der Waals surface area contributed by atoms with Gasteiger partial charge in [0.25, 0.3) is 0 Å². The van der Waals surface area contributed by atoms with Crippen molar-refractivity contribution in [2.45, 2.75) is 77.0 Å². The number of fused-ring (bicyclic) bond motifs is 20. The van der Waals surface area contributed by atoms with E-state index in [1.165, 1.54) is 111 Å². The number of benzene rings is 8. The first kappa shape index (κ1) is 39.3. The van der Waals surface area contributed by atoms with Crippen LogP contribution in [0.2, 0.25) is 0 Å². The molecule has 0 fully saturated rings. The molecule has 0 aliphatic heterocycles. The summed E-state index contributed by atoms with van der Waals surface area (Å²) in [6, 6.07) is 54.6. The topological polar surface area (TPSA) is 42.4 Å². The minimum absolute atomic E-state index is 0.167. The second-order valence-corrected chi connectivity index (χ2v) is 22.3. The maximum atomic E-state index is 6.71. The molecule has 332 valence electrons. The van der Waals surface area contributed by atoms with Crippen molar-refractivity contribution >= 4 is 60.9 Å². The van der Waals surface area contributed by atoms with Crippen molar-refractivity contribution in [1.82, 2.24) is 4.98 Å². The number of para-hydroxylation sites is 2. The minimum atomic E-state index is -0.253. The number of nitrogens with zero attached hydrogens (tertiary/aromatic N) is 2. The van der Waals surface area contributed by atoms with E-state index in [4.69, 9.17) is 8.83 Å². The fraction of sp³-hybridized carbons (Fsp3) is 0.185. The molecule has 4 aliphatic rings. The van der Waals surface area contributed by atoms with E-state index in [0.717, 1.165) is 39.4 Å². The van der Waals surface area contributed by atoms with Crippen molar-refractivity contribution in [3.63, 3.8) is 0 Å². The number of hydrogen-bond acceptors (Lipinski definition) is 4. The largest absolute Gasteiger partial charge is 0.456 e. The van der Waals surface area contributed by atoms with Gasteiger partial charge in [0.1, 0.15) is 22.3 Å². The molecular formula is C65H50N2O2. The maximum absolute atomic E-state index is 6.71. The van der Waals surface area contributed by atoms with Crippen molar-refractivity contribution in [2.75, 3.05) is 4.90 Å².